The van der Waals surface area contributed by atoms with Crippen LogP contribution in [0.1, 0.15) is 42.5 Å². The number of likely N-dealkylation sites (tertiary alicyclic amines) is 1. The molecule has 1 N–H and O–H groups in total. The summed E-state index contributed by atoms with van der Waals surface area (Å²) in [5, 5.41) is 11.7. The standard InChI is InChI=1S/C19H22ClNO/c20-17-11-9-16(10-12-17)19(22)18(15-7-3-1-4-8-15)21-13-5-2-6-14-21/h1,3-4,7-12,18-19,22H,2,5-6,13-14H2/t18-,19+/m1/s1. The van der Waals surface area contributed by atoms with Crippen molar-refractivity contribution in [3.05, 3.63) is 70.7 Å². The molecule has 0 aliphatic carbocycles. The largest absolute Gasteiger partial charge is 0.386 e. The predicted octanol–water partition coefficient (Wildman–Crippen LogP) is 4.60. The van der Waals surface area contributed by atoms with Crippen molar-refractivity contribution in [2.75, 3.05) is 13.1 Å². The molecule has 0 amide bonds. The number of piperidine rings is 1. The highest BCUT2D eigenvalue weighted by atomic mass is 35.5. The van der Waals surface area contributed by atoms with Crippen LogP contribution in [0.5, 0.6) is 0 Å². The number of nitrogens with zero attached hydrogens (tertiary/aromatic N) is 1. The molecular formula is C19H22ClNO. The van der Waals surface area contributed by atoms with E-state index in [4.69, 9.17) is 11.6 Å². The molecule has 2 aromatic rings. The summed E-state index contributed by atoms with van der Waals surface area (Å²) in [6, 6.07) is 17.9. The summed E-state index contributed by atoms with van der Waals surface area (Å²) in [6.45, 7) is 2.09. The fourth-order valence-electron chi connectivity index (χ4n) is 3.28. The first-order chi connectivity index (χ1) is 10.8. The third-order valence-corrected chi connectivity index (χ3v) is 4.69. The van der Waals surface area contributed by atoms with Crippen molar-refractivity contribution in [2.45, 2.75) is 31.4 Å². The molecular weight excluding hydrogens is 294 g/mol. The molecule has 3 heteroatoms. The van der Waals surface area contributed by atoms with Gasteiger partial charge in [-0.3, -0.25) is 4.90 Å². The molecule has 2 aromatic carbocycles. The number of hydrogen-bond donors (Lipinski definition) is 1. The van der Waals surface area contributed by atoms with E-state index >= 15 is 0 Å². The van der Waals surface area contributed by atoms with Gasteiger partial charge in [-0.05, 0) is 49.2 Å². The fourth-order valence-corrected chi connectivity index (χ4v) is 3.41. The Morgan fingerprint density at radius 2 is 1.45 bits per heavy atom. The van der Waals surface area contributed by atoms with E-state index in [1.54, 1.807) is 0 Å². The van der Waals surface area contributed by atoms with E-state index in [1.807, 2.05) is 42.5 Å². The van der Waals surface area contributed by atoms with E-state index in [0.29, 0.717) is 5.02 Å². The highest BCUT2D eigenvalue weighted by molar-refractivity contribution is 6.30. The van der Waals surface area contributed by atoms with Crippen LogP contribution in [0, 0.1) is 0 Å². The number of rotatable bonds is 4. The van der Waals surface area contributed by atoms with Gasteiger partial charge < -0.3 is 5.11 Å². The molecule has 1 heterocycles. The van der Waals surface area contributed by atoms with Crippen LogP contribution in [0.3, 0.4) is 0 Å². The average molecular weight is 316 g/mol. The van der Waals surface area contributed by atoms with Gasteiger partial charge in [-0.15, -0.1) is 0 Å². The van der Waals surface area contributed by atoms with E-state index in [9.17, 15) is 5.11 Å². The van der Waals surface area contributed by atoms with E-state index in [-0.39, 0.29) is 6.04 Å². The lowest BCUT2D eigenvalue weighted by Crippen LogP contribution is -2.37. The van der Waals surface area contributed by atoms with Gasteiger partial charge in [0.25, 0.3) is 0 Å². The van der Waals surface area contributed by atoms with Crippen molar-refractivity contribution < 1.29 is 5.11 Å². The third kappa shape index (κ3) is 3.52. The van der Waals surface area contributed by atoms with Crippen molar-refractivity contribution in [3.8, 4) is 0 Å². The van der Waals surface area contributed by atoms with Crippen LogP contribution >= 0.6 is 11.6 Å². The lowest BCUT2D eigenvalue weighted by molar-refractivity contribution is 0.0362. The first-order valence-corrected chi connectivity index (χ1v) is 8.36. The summed E-state index contributed by atoms with van der Waals surface area (Å²) in [7, 11) is 0. The molecule has 2 atom stereocenters. The van der Waals surface area contributed by atoms with Crippen LogP contribution in [-0.4, -0.2) is 23.1 Å². The molecule has 0 radical (unpaired) electrons. The van der Waals surface area contributed by atoms with Gasteiger partial charge in [-0.25, -0.2) is 0 Å². The fraction of sp³-hybridized carbons (Fsp3) is 0.368. The van der Waals surface area contributed by atoms with E-state index in [0.717, 1.165) is 18.7 Å². The maximum atomic E-state index is 11.0. The highest BCUT2D eigenvalue weighted by Crippen LogP contribution is 2.36. The van der Waals surface area contributed by atoms with Crippen molar-refractivity contribution in [3.63, 3.8) is 0 Å². The zero-order valence-electron chi connectivity index (χ0n) is 12.7. The van der Waals surface area contributed by atoms with Crippen LogP contribution in [0.2, 0.25) is 5.02 Å². The van der Waals surface area contributed by atoms with E-state index in [1.165, 1.54) is 24.8 Å². The van der Waals surface area contributed by atoms with Crippen molar-refractivity contribution in [2.24, 2.45) is 0 Å². The summed E-state index contributed by atoms with van der Waals surface area (Å²) in [4.78, 5) is 2.41. The predicted molar refractivity (Wildman–Crippen MR) is 91.0 cm³/mol. The summed E-state index contributed by atoms with van der Waals surface area (Å²) in [5.41, 5.74) is 2.09. The molecule has 0 spiro atoms. The average Bonchev–Trinajstić information content (AvgIpc) is 2.57. The Labute approximate surface area is 137 Å². The van der Waals surface area contributed by atoms with Gasteiger partial charge in [0.2, 0.25) is 0 Å². The number of hydrogen-bond acceptors (Lipinski definition) is 2. The lowest BCUT2D eigenvalue weighted by Gasteiger charge is -2.37. The van der Waals surface area contributed by atoms with Crippen molar-refractivity contribution >= 4 is 11.6 Å². The minimum absolute atomic E-state index is 0.00248. The second-order valence-corrected chi connectivity index (χ2v) is 6.38. The van der Waals surface area contributed by atoms with Crippen LogP contribution < -0.4 is 0 Å². The van der Waals surface area contributed by atoms with Crippen molar-refractivity contribution in [1.29, 1.82) is 0 Å². The highest BCUT2D eigenvalue weighted by Gasteiger charge is 2.29. The summed E-state index contributed by atoms with van der Waals surface area (Å²) >= 11 is 5.97. The summed E-state index contributed by atoms with van der Waals surface area (Å²) in [5.74, 6) is 0. The maximum Gasteiger partial charge on any atom is 0.0986 e. The van der Waals surface area contributed by atoms with Gasteiger partial charge in [0, 0.05) is 5.02 Å². The summed E-state index contributed by atoms with van der Waals surface area (Å²) in [6.07, 6.45) is 3.15. The molecule has 0 bridgehead atoms. The minimum atomic E-state index is -0.544. The normalized spacial score (nSPS) is 18.8. The van der Waals surface area contributed by atoms with Gasteiger partial charge >= 0.3 is 0 Å². The SMILES string of the molecule is O[C@@H](c1ccc(Cl)cc1)[C@@H](c1ccccc1)N1CCCCC1. The van der Waals surface area contributed by atoms with Gasteiger partial charge in [-0.2, -0.15) is 0 Å². The number of halogens is 1. The Balaban J connectivity index is 1.91. The quantitative estimate of drug-likeness (QED) is 0.891. The topological polar surface area (TPSA) is 23.5 Å². The minimum Gasteiger partial charge on any atom is -0.386 e. The molecule has 1 aliphatic rings. The maximum absolute atomic E-state index is 11.0. The Bertz CT molecular complexity index is 578. The monoisotopic (exact) mass is 315 g/mol. The zero-order valence-corrected chi connectivity index (χ0v) is 13.4. The van der Waals surface area contributed by atoms with Gasteiger partial charge in [0.1, 0.15) is 0 Å². The first kappa shape index (κ1) is 15.5. The Kier molecular flexibility index (Phi) is 5.14. The molecule has 0 unspecified atom stereocenters. The first-order valence-electron chi connectivity index (χ1n) is 7.98. The lowest BCUT2D eigenvalue weighted by atomic mass is 9.93. The molecule has 2 nitrogen and oxygen atoms in total. The van der Waals surface area contributed by atoms with Crippen LogP contribution in [0.15, 0.2) is 54.6 Å². The zero-order chi connectivity index (χ0) is 15.4. The van der Waals surface area contributed by atoms with Gasteiger partial charge in [-0.1, -0.05) is 60.5 Å². The summed E-state index contributed by atoms with van der Waals surface area (Å²) < 4.78 is 0. The molecule has 1 saturated heterocycles. The van der Waals surface area contributed by atoms with E-state index < -0.39 is 6.10 Å². The molecule has 116 valence electrons. The number of aliphatic hydroxyl groups excluding tert-OH is 1. The van der Waals surface area contributed by atoms with E-state index in [2.05, 4.69) is 17.0 Å². The Hall–Kier alpha value is -1.35. The number of aliphatic hydroxyl groups is 1. The smallest absolute Gasteiger partial charge is 0.0986 e. The second kappa shape index (κ2) is 7.28. The molecule has 1 fully saturated rings. The van der Waals surface area contributed by atoms with Crippen LogP contribution in [-0.2, 0) is 0 Å². The van der Waals surface area contributed by atoms with Crippen LogP contribution in [0.4, 0.5) is 0 Å². The molecule has 22 heavy (non-hydrogen) atoms. The second-order valence-electron chi connectivity index (χ2n) is 5.95. The number of benzene rings is 2. The van der Waals surface area contributed by atoms with Gasteiger partial charge in [0.15, 0.2) is 0 Å². The molecule has 3 rings (SSSR count). The Morgan fingerprint density at radius 3 is 2.09 bits per heavy atom. The molecule has 0 saturated carbocycles. The van der Waals surface area contributed by atoms with Crippen molar-refractivity contribution in [1.82, 2.24) is 4.90 Å². The van der Waals surface area contributed by atoms with Crippen LogP contribution in [0.25, 0.3) is 0 Å². The Morgan fingerprint density at radius 1 is 0.818 bits per heavy atom. The molecule has 1 aliphatic heterocycles. The third-order valence-electron chi connectivity index (χ3n) is 4.44. The molecule has 0 aromatic heterocycles. The van der Waals surface area contributed by atoms with Gasteiger partial charge in [0.05, 0.1) is 12.1 Å².